The van der Waals surface area contributed by atoms with Gasteiger partial charge in [0.2, 0.25) is 0 Å². The Labute approximate surface area is 298 Å². The summed E-state index contributed by atoms with van der Waals surface area (Å²) in [7, 11) is 0. The number of rotatable bonds is 5. The van der Waals surface area contributed by atoms with Gasteiger partial charge >= 0.3 is 0 Å². The van der Waals surface area contributed by atoms with Crippen LogP contribution in [0.2, 0.25) is 0 Å². The molecule has 8 aromatic carbocycles. The van der Waals surface area contributed by atoms with Gasteiger partial charge in [0.05, 0.1) is 16.7 Å². The molecule has 2 nitrogen and oxygen atoms in total. The van der Waals surface area contributed by atoms with Crippen LogP contribution in [0.15, 0.2) is 182 Å². The summed E-state index contributed by atoms with van der Waals surface area (Å²) in [5.74, 6) is 0. The van der Waals surface area contributed by atoms with E-state index in [1.807, 2.05) is 0 Å². The molecule has 0 spiro atoms. The van der Waals surface area contributed by atoms with Crippen LogP contribution in [0.3, 0.4) is 0 Å². The van der Waals surface area contributed by atoms with E-state index in [1.54, 1.807) is 0 Å². The van der Waals surface area contributed by atoms with E-state index in [0.717, 1.165) is 17.1 Å². The Bertz CT molecular complexity index is 2760. The van der Waals surface area contributed by atoms with Gasteiger partial charge in [-0.25, -0.2) is 0 Å². The smallest absolute Gasteiger partial charge is 0.0542 e. The van der Waals surface area contributed by atoms with E-state index in [-0.39, 0.29) is 5.41 Å². The first-order chi connectivity index (χ1) is 25.1. The zero-order valence-corrected chi connectivity index (χ0v) is 28.7. The van der Waals surface area contributed by atoms with E-state index in [4.69, 9.17) is 0 Å². The number of anilines is 3. The lowest BCUT2D eigenvalue weighted by Crippen LogP contribution is -2.20. The fourth-order valence-electron chi connectivity index (χ4n) is 8.66. The predicted molar refractivity (Wildman–Crippen MR) is 216 cm³/mol. The average molecular weight is 653 g/mol. The topological polar surface area (TPSA) is 8.17 Å². The first-order valence-electron chi connectivity index (χ1n) is 17.8. The molecule has 0 bridgehead atoms. The highest BCUT2D eigenvalue weighted by molar-refractivity contribution is 6.11. The summed E-state index contributed by atoms with van der Waals surface area (Å²) in [6.07, 6.45) is 0. The van der Waals surface area contributed by atoms with Crippen LogP contribution in [0.5, 0.6) is 0 Å². The number of hydrogen-bond donors (Lipinski definition) is 0. The molecule has 9 aromatic rings. The van der Waals surface area contributed by atoms with E-state index in [9.17, 15) is 0 Å². The van der Waals surface area contributed by atoms with Crippen LogP contribution in [0, 0.1) is 0 Å². The maximum Gasteiger partial charge on any atom is 0.0542 e. The number of para-hydroxylation sites is 2. The highest BCUT2D eigenvalue weighted by atomic mass is 15.1. The van der Waals surface area contributed by atoms with Crippen LogP contribution in [-0.4, -0.2) is 4.57 Å². The third-order valence-corrected chi connectivity index (χ3v) is 11.0. The third-order valence-electron chi connectivity index (χ3n) is 11.0. The van der Waals surface area contributed by atoms with Gasteiger partial charge in [-0.05, 0) is 98.8 Å². The first kappa shape index (κ1) is 29.5. The summed E-state index contributed by atoms with van der Waals surface area (Å²) in [4.78, 5) is 2.48. The van der Waals surface area contributed by atoms with Gasteiger partial charge in [-0.15, -0.1) is 0 Å². The standard InChI is InChI=1S/C49H36N2/c1-49(2)44-23-10-8-19-40(44)42-22-13-25-47(48(42)49)50(36-28-26-34(27-29-36)39-21-12-15-33-14-6-7-18-38(33)39)37-30-31-46-43(32-37)41-20-9-11-24-45(41)51(46)35-16-4-3-5-17-35/h3-32H,1-2H3. The van der Waals surface area contributed by atoms with Crippen LogP contribution < -0.4 is 4.90 Å². The summed E-state index contributed by atoms with van der Waals surface area (Å²) in [5.41, 5.74) is 14.7. The molecule has 0 unspecified atom stereocenters. The normalized spacial score (nSPS) is 13.1. The van der Waals surface area contributed by atoms with Crippen molar-refractivity contribution in [3.8, 4) is 27.9 Å². The summed E-state index contributed by atoms with van der Waals surface area (Å²) >= 11 is 0. The fraction of sp³-hybridized carbons (Fsp3) is 0.0612. The molecule has 0 fully saturated rings. The van der Waals surface area contributed by atoms with E-state index in [1.165, 1.54) is 71.6 Å². The molecule has 0 amide bonds. The highest BCUT2D eigenvalue weighted by Gasteiger charge is 2.38. The Morgan fingerprint density at radius 3 is 1.94 bits per heavy atom. The lowest BCUT2D eigenvalue weighted by atomic mass is 9.81. The maximum atomic E-state index is 2.48. The summed E-state index contributed by atoms with van der Waals surface area (Å²) < 4.78 is 2.39. The van der Waals surface area contributed by atoms with Crippen molar-refractivity contribution in [3.05, 3.63) is 193 Å². The lowest BCUT2D eigenvalue weighted by Gasteiger charge is -2.32. The van der Waals surface area contributed by atoms with Gasteiger partial charge in [0, 0.05) is 33.2 Å². The summed E-state index contributed by atoms with van der Waals surface area (Å²) in [6.45, 7) is 4.75. The SMILES string of the molecule is CC1(C)c2ccccc2-c2cccc(N(c3ccc(-c4cccc5ccccc45)cc3)c3ccc4c(c3)c3ccccc3n4-c3ccccc3)c21. The van der Waals surface area contributed by atoms with Crippen LogP contribution >= 0.6 is 0 Å². The summed E-state index contributed by atoms with van der Waals surface area (Å²) in [5, 5.41) is 5.01. The number of nitrogens with zero attached hydrogens (tertiary/aromatic N) is 2. The van der Waals surface area contributed by atoms with E-state index in [0.29, 0.717) is 0 Å². The molecule has 0 atom stereocenters. The first-order valence-corrected chi connectivity index (χ1v) is 17.8. The Morgan fingerprint density at radius 2 is 1.08 bits per heavy atom. The van der Waals surface area contributed by atoms with E-state index >= 15 is 0 Å². The molecule has 51 heavy (non-hydrogen) atoms. The molecule has 10 rings (SSSR count). The molecule has 0 N–H and O–H groups in total. The number of benzene rings is 8. The Balaban J connectivity index is 1.21. The number of hydrogen-bond acceptors (Lipinski definition) is 1. The van der Waals surface area contributed by atoms with Crippen molar-refractivity contribution in [1.29, 1.82) is 0 Å². The minimum absolute atomic E-state index is 0.170. The largest absolute Gasteiger partial charge is 0.310 e. The van der Waals surface area contributed by atoms with Crippen LogP contribution in [0.1, 0.15) is 25.0 Å². The second kappa shape index (κ2) is 11.3. The van der Waals surface area contributed by atoms with E-state index < -0.39 is 0 Å². The minimum Gasteiger partial charge on any atom is -0.310 e. The van der Waals surface area contributed by atoms with Crippen molar-refractivity contribution in [1.82, 2.24) is 4.57 Å². The molecule has 2 heteroatoms. The Kier molecular flexibility index (Phi) is 6.56. The van der Waals surface area contributed by atoms with Crippen molar-refractivity contribution in [2.45, 2.75) is 19.3 Å². The molecule has 0 saturated carbocycles. The highest BCUT2D eigenvalue weighted by Crippen LogP contribution is 2.54. The molecule has 0 radical (unpaired) electrons. The van der Waals surface area contributed by atoms with Crippen molar-refractivity contribution in [2.75, 3.05) is 4.90 Å². The molecule has 1 heterocycles. The van der Waals surface area contributed by atoms with Crippen molar-refractivity contribution in [2.24, 2.45) is 0 Å². The lowest BCUT2D eigenvalue weighted by molar-refractivity contribution is 0.661. The van der Waals surface area contributed by atoms with Gasteiger partial charge in [-0.2, -0.15) is 0 Å². The molecule has 0 aliphatic heterocycles. The molecule has 242 valence electrons. The van der Waals surface area contributed by atoms with Crippen molar-refractivity contribution < 1.29 is 0 Å². The molecule has 0 saturated heterocycles. The van der Waals surface area contributed by atoms with Crippen LogP contribution in [0.25, 0.3) is 60.5 Å². The monoisotopic (exact) mass is 652 g/mol. The number of aromatic nitrogens is 1. The van der Waals surface area contributed by atoms with Gasteiger partial charge in [-0.1, -0.05) is 141 Å². The van der Waals surface area contributed by atoms with Gasteiger partial charge in [0.15, 0.2) is 0 Å². The van der Waals surface area contributed by atoms with Gasteiger partial charge in [0.1, 0.15) is 0 Å². The molecular formula is C49H36N2. The van der Waals surface area contributed by atoms with Crippen molar-refractivity contribution in [3.63, 3.8) is 0 Å². The van der Waals surface area contributed by atoms with Crippen LogP contribution in [0.4, 0.5) is 17.1 Å². The second-order valence-electron chi connectivity index (χ2n) is 14.2. The predicted octanol–water partition coefficient (Wildman–Crippen LogP) is 13.4. The fourth-order valence-corrected chi connectivity index (χ4v) is 8.66. The number of fused-ring (bicyclic) bond motifs is 7. The maximum absolute atomic E-state index is 2.48. The zero-order valence-electron chi connectivity index (χ0n) is 28.7. The van der Waals surface area contributed by atoms with Gasteiger partial charge in [0.25, 0.3) is 0 Å². The molecule has 1 aliphatic rings. The summed E-state index contributed by atoms with van der Waals surface area (Å²) in [6, 6.07) is 66.6. The molecule has 1 aromatic heterocycles. The third kappa shape index (κ3) is 4.50. The zero-order chi connectivity index (χ0) is 34.1. The molecular weight excluding hydrogens is 617 g/mol. The second-order valence-corrected chi connectivity index (χ2v) is 14.2. The quantitative estimate of drug-likeness (QED) is 0.180. The molecule has 1 aliphatic carbocycles. The average Bonchev–Trinajstić information content (AvgIpc) is 3.64. The Hall–Kier alpha value is -6.38. The van der Waals surface area contributed by atoms with Crippen molar-refractivity contribution >= 4 is 49.6 Å². The van der Waals surface area contributed by atoms with Gasteiger partial charge < -0.3 is 9.47 Å². The minimum atomic E-state index is -0.170. The van der Waals surface area contributed by atoms with Gasteiger partial charge in [-0.3, -0.25) is 0 Å². The Morgan fingerprint density at radius 1 is 0.451 bits per heavy atom. The van der Waals surface area contributed by atoms with Crippen LogP contribution in [-0.2, 0) is 5.41 Å². The van der Waals surface area contributed by atoms with E-state index in [2.05, 4.69) is 205 Å².